The van der Waals surface area contributed by atoms with E-state index in [1.807, 2.05) is 11.6 Å². The maximum absolute atomic E-state index is 6.02. The molecule has 0 atom stereocenters. The molecule has 2 N–H and O–H groups in total. The smallest absolute Gasteiger partial charge is 0.150 e. The number of hydrogen-bond donors (Lipinski definition) is 1. The molecule has 0 amide bonds. The normalized spacial score (nSPS) is 11.3. The van der Waals surface area contributed by atoms with Crippen molar-refractivity contribution in [2.75, 3.05) is 0 Å². The molecular formula is C10H18ClN3. The molecular weight excluding hydrogens is 198 g/mol. The zero-order valence-corrected chi connectivity index (χ0v) is 9.80. The second-order valence-corrected chi connectivity index (χ2v) is 4.32. The molecule has 0 fully saturated rings. The molecule has 4 heteroatoms. The Morgan fingerprint density at radius 2 is 2.14 bits per heavy atom. The minimum absolute atomic E-state index is 0.442. The van der Waals surface area contributed by atoms with E-state index in [2.05, 4.69) is 18.8 Å². The average Bonchev–Trinajstić information content (AvgIpc) is 2.39. The van der Waals surface area contributed by atoms with Gasteiger partial charge in [0.2, 0.25) is 0 Å². The van der Waals surface area contributed by atoms with Gasteiger partial charge in [0.25, 0.3) is 0 Å². The van der Waals surface area contributed by atoms with Crippen LogP contribution in [0.5, 0.6) is 0 Å². The minimum atomic E-state index is 0.442. The number of aromatic nitrogens is 2. The van der Waals surface area contributed by atoms with Crippen LogP contribution in [0, 0.1) is 5.92 Å². The van der Waals surface area contributed by atoms with Crippen molar-refractivity contribution in [2.24, 2.45) is 18.7 Å². The van der Waals surface area contributed by atoms with Crippen molar-refractivity contribution in [1.29, 1.82) is 0 Å². The monoisotopic (exact) mass is 215 g/mol. The van der Waals surface area contributed by atoms with Crippen LogP contribution in [0.3, 0.4) is 0 Å². The van der Waals surface area contributed by atoms with E-state index in [1.54, 1.807) is 0 Å². The van der Waals surface area contributed by atoms with Crippen molar-refractivity contribution in [1.82, 2.24) is 9.55 Å². The molecule has 0 aliphatic carbocycles. The first-order valence-corrected chi connectivity index (χ1v) is 5.34. The minimum Gasteiger partial charge on any atom is -0.333 e. The molecule has 0 radical (unpaired) electrons. The van der Waals surface area contributed by atoms with E-state index < -0.39 is 0 Å². The summed E-state index contributed by atoms with van der Waals surface area (Å²) in [5, 5.41) is 0.605. The SMILES string of the molecule is CC(C)CCc1c(Cl)nc(CN)n1C. The van der Waals surface area contributed by atoms with Crippen molar-refractivity contribution in [3.63, 3.8) is 0 Å². The lowest BCUT2D eigenvalue weighted by atomic mass is 10.1. The lowest BCUT2D eigenvalue weighted by Crippen LogP contribution is -2.07. The van der Waals surface area contributed by atoms with Crippen LogP contribution in [0.4, 0.5) is 0 Å². The first kappa shape index (κ1) is 11.5. The third-order valence-corrected chi connectivity index (χ3v) is 2.70. The standard InChI is InChI=1S/C10H18ClN3/c1-7(2)4-5-8-10(11)13-9(6-12)14(8)3/h7H,4-6,12H2,1-3H3. The highest BCUT2D eigenvalue weighted by atomic mass is 35.5. The Labute approximate surface area is 90.3 Å². The third-order valence-electron chi connectivity index (χ3n) is 2.40. The van der Waals surface area contributed by atoms with Gasteiger partial charge in [-0.2, -0.15) is 0 Å². The van der Waals surface area contributed by atoms with Gasteiger partial charge in [-0.3, -0.25) is 0 Å². The molecule has 0 unspecified atom stereocenters. The number of nitrogens with two attached hydrogens (primary N) is 1. The Morgan fingerprint density at radius 1 is 1.50 bits per heavy atom. The van der Waals surface area contributed by atoms with Crippen LogP contribution in [0.2, 0.25) is 5.15 Å². The molecule has 1 heterocycles. The number of rotatable bonds is 4. The topological polar surface area (TPSA) is 43.8 Å². The molecule has 0 aromatic carbocycles. The lowest BCUT2D eigenvalue weighted by Gasteiger charge is -2.06. The molecule has 0 saturated heterocycles. The van der Waals surface area contributed by atoms with Crippen LogP contribution in [0.1, 0.15) is 31.8 Å². The van der Waals surface area contributed by atoms with Gasteiger partial charge in [0.05, 0.1) is 12.2 Å². The molecule has 1 rings (SSSR count). The van der Waals surface area contributed by atoms with Crippen LogP contribution in [0.15, 0.2) is 0 Å². The zero-order chi connectivity index (χ0) is 10.7. The van der Waals surface area contributed by atoms with E-state index in [4.69, 9.17) is 17.3 Å². The van der Waals surface area contributed by atoms with E-state index in [1.165, 1.54) is 0 Å². The van der Waals surface area contributed by atoms with Crippen LogP contribution in [-0.2, 0) is 20.0 Å². The fourth-order valence-electron chi connectivity index (χ4n) is 1.43. The van der Waals surface area contributed by atoms with E-state index >= 15 is 0 Å². The summed E-state index contributed by atoms with van der Waals surface area (Å²) in [6.07, 6.45) is 2.10. The van der Waals surface area contributed by atoms with Crippen molar-refractivity contribution in [3.8, 4) is 0 Å². The first-order chi connectivity index (χ1) is 6.56. The lowest BCUT2D eigenvalue weighted by molar-refractivity contribution is 0.571. The fourth-order valence-corrected chi connectivity index (χ4v) is 1.74. The van der Waals surface area contributed by atoms with Crippen molar-refractivity contribution in [3.05, 3.63) is 16.7 Å². The highest BCUT2D eigenvalue weighted by molar-refractivity contribution is 6.30. The van der Waals surface area contributed by atoms with Gasteiger partial charge in [-0.15, -0.1) is 0 Å². The molecule has 14 heavy (non-hydrogen) atoms. The maximum Gasteiger partial charge on any atom is 0.150 e. The summed E-state index contributed by atoms with van der Waals surface area (Å²) in [7, 11) is 1.97. The van der Waals surface area contributed by atoms with Crippen LogP contribution >= 0.6 is 11.6 Å². The van der Waals surface area contributed by atoms with Crippen LogP contribution in [0.25, 0.3) is 0 Å². The van der Waals surface area contributed by atoms with Crippen molar-refractivity contribution in [2.45, 2.75) is 33.2 Å². The van der Waals surface area contributed by atoms with Gasteiger partial charge < -0.3 is 10.3 Å². The number of nitrogens with zero attached hydrogens (tertiary/aromatic N) is 2. The zero-order valence-electron chi connectivity index (χ0n) is 9.05. The highest BCUT2D eigenvalue weighted by Gasteiger charge is 2.11. The largest absolute Gasteiger partial charge is 0.333 e. The van der Waals surface area contributed by atoms with Crippen LogP contribution < -0.4 is 5.73 Å². The van der Waals surface area contributed by atoms with Crippen molar-refractivity contribution >= 4 is 11.6 Å². The third kappa shape index (κ3) is 2.49. The Kier molecular flexibility index (Phi) is 3.96. The van der Waals surface area contributed by atoms with Crippen LogP contribution in [-0.4, -0.2) is 9.55 Å². The second-order valence-electron chi connectivity index (χ2n) is 3.96. The molecule has 0 bridgehead atoms. The highest BCUT2D eigenvalue weighted by Crippen LogP contribution is 2.19. The molecule has 0 aliphatic rings. The summed E-state index contributed by atoms with van der Waals surface area (Å²) in [5.74, 6) is 1.54. The van der Waals surface area contributed by atoms with E-state index in [0.29, 0.717) is 17.6 Å². The molecule has 0 aliphatic heterocycles. The van der Waals surface area contributed by atoms with Gasteiger partial charge in [0.15, 0.2) is 5.15 Å². The summed E-state index contributed by atoms with van der Waals surface area (Å²) in [6.45, 7) is 4.85. The number of hydrogen-bond acceptors (Lipinski definition) is 2. The Morgan fingerprint density at radius 3 is 2.57 bits per heavy atom. The Hall–Kier alpha value is -0.540. The number of halogens is 1. The van der Waals surface area contributed by atoms with Crippen molar-refractivity contribution < 1.29 is 0 Å². The predicted octanol–water partition coefficient (Wildman–Crippen LogP) is 2.12. The summed E-state index contributed by atoms with van der Waals surface area (Å²) in [4.78, 5) is 4.21. The summed E-state index contributed by atoms with van der Waals surface area (Å²) in [6, 6.07) is 0. The Balaban J connectivity index is 2.80. The van der Waals surface area contributed by atoms with Gasteiger partial charge in [-0.25, -0.2) is 4.98 Å². The Bertz CT molecular complexity index is 305. The molecule has 1 aromatic heterocycles. The van der Waals surface area contributed by atoms with E-state index in [9.17, 15) is 0 Å². The molecule has 80 valence electrons. The van der Waals surface area contributed by atoms with Gasteiger partial charge in [0, 0.05) is 7.05 Å². The summed E-state index contributed by atoms with van der Waals surface area (Å²) in [5.41, 5.74) is 6.64. The second kappa shape index (κ2) is 4.80. The summed E-state index contributed by atoms with van der Waals surface area (Å²) < 4.78 is 2.00. The number of imidazole rings is 1. The molecule has 0 saturated carbocycles. The van der Waals surface area contributed by atoms with E-state index in [0.717, 1.165) is 24.4 Å². The van der Waals surface area contributed by atoms with Gasteiger partial charge in [0.1, 0.15) is 5.82 Å². The molecule has 3 nitrogen and oxygen atoms in total. The predicted molar refractivity (Wildman–Crippen MR) is 59.3 cm³/mol. The fraction of sp³-hybridized carbons (Fsp3) is 0.700. The summed E-state index contributed by atoms with van der Waals surface area (Å²) >= 11 is 6.02. The average molecular weight is 216 g/mol. The van der Waals surface area contributed by atoms with E-state index in [-0.39, 0.29) is 0 Å². The maximum atomic E-state index is 6.02. The molecule has 1 aromatic rings. The van der Waals surface area contributed by atoms with Gasteiger partial charge in [-0.05, 0) is 18.8 Å². The molecule has 0 spiro atoms. The van der Waals surface area contributed by atoms with Gasteiger partial charge in [-0.1, -0.05) is 25.4 Å². The van der Waals surface area contributed by atoms with Gasteiger partial charge >= 0.3 is 0 Å². The quantitative estimate of drug-likeness (QED) is 0.836. The first-order valence-electron chi connectivity index (χ1n) is 4.96.